The highest BCUT2D eigenvalue weighted by Gasteiger charge is 2.48. The minimum absolute atomic E-state index is 0.0352. The topological polar surface area (TPSA) is 143 Å². The summed E-state index contributed by atoms with van der Waals surface area (Å²) in [6.07, 6.45) is -0.685. The predicted molar refractivity (Wildman–Crippen MR) is 112 cm³/mol. The van der Waals surface area contributed by atoms with Gasteiger partial charge in [-0.1, -0.05) is 34.6 Å². The molecule has 2 rings (SSSR count). The first-order valence-corrected chi connectivity index (χ1v) is 11.6. The summed E-state index contributed by atoms with van der Waals surface area (Å²) in [5.41, 5.74) is -0.217. The summed E-state index contributed by atoms with van der Waals surface area (Å²) in [7, 11) is -2.88. The van der Waals surface area contributed by atoms with Gasteiger partial charge in [-0.3, -0.25) is 23.7 Å². The normalized spacial score (nSPS) is 22.9. The molecule has 0 spiro atoms. The number of esters is 2. The average molecular weight is 474 g/mol. The Balaban J connectivity index is 1.91. The Morgan fingerprint density at radius 1 is 1.28 bits per heavy atom. The smallest absolute Gasteiger partial charge is 0.469 e. The molecule has 11 nitrogen and oxygen atoms in total. The highest BCUT2D eigenvalue weighted by Crippen LogP contribution is 2.57. The van der Waals surface area contributed by atoms with Crippen molar-refractivity contribution in [2.24, 2.45) is 5.41 Å². The van der Waals surface area contributed by atoms with Crippen molar-refractivity contribution in [3.8, 4) is 0 Å². The van der Waals surface area contributed by atoms with Crippen LogP contribution in [0.1, 0.15) is 70.1 Å². The highest BCUT2D eigenvalue weighted by molar-refractivity contribution is 7.48. The van der Waals surface area contributed by atoms with Crippen LogP contribution in [0.5, 0.6) is 0 Å². The first-order valence-electron chi connectivity index (χ1n) is 10.2. The van der Waals surface area contributed by atoms with E-state index >= 15 is 0 Å². The Hall–Kier alpha value is -2.07. The van der Waals surface area contributed by atoms with Gasteiger partial charge in [0.05, 0.1) is 13.7 Å². The summed E-state index contributed by atoms with van der Waals surface area (Å²) in [6, 6.07) is 1.56. The quantitative estimate of drug-likeness (QED) is 0.322. The van der Waals surface area contributed by atoms with E-state index in [-0.39, 0.29) is 42.8 Å². The predicted octanol–water partition coefficient (Wildman–Crippen LogP) is 3.30. The molecule has 1 saturated heterocycles. The average Bonchev–Trinajstić information content (AvgIpc) is 3.21. The van der Waals surface area contributed by atoms with Crippen molar-refractivity contribution in [3.63, 3.8) is 0 Å². The number of hydrogen-bond donors (Lipinski definition) is 1. The van der Waals surface area contributed by atoms with Gasteiger partial charge in [0.15, 0.2) is 11.5 Å². The van der Waals surface area contributed by atoms with Gasteiger partial charge in [0, 0.05) is 29.4 Å². The summed E-state index contributed by atoms with van der Waals surface area (Å²) >= 11 is 0. The molecule has 0 saturated carbocycles. The molecule has 180 valence electrons. The van der Waals surface area contributed by atoms with Crippen LogP contribution in [0.2, 0.25) is 0 Å². The number of aromatic nitrogens is 2. The number of hydrogen-bond acceptors (Lipinski definition) is 10. The zero-order chi connectivity index (χ0) is 24.2. The molecule has 1 fully saturated rings. The number of methoxy groups -OCH3 is 1. The maximum Gasteiger partial charge on any atom is 0.478 e. The number of rotatable bonds is 9. The lowest BCUT2D eigenvalue weighted by atomic mass is 9.84. The van der Waals surface area contributed by atoms with Gasteiger partial charge in [-0.2, -0.15) is 5.10 Å². The van der Waals surface area contributed by atoms with Crippen molar-refractivity contribution in [2.45, 2.75) is 65.4 Å². The monoisotopic (exact) mass is 474 g/mol. The molecular formula is C20H31N2O9P. The van der Waals surface area contributed by atoms with Gasteiger partial charge >= 0.3 is 19.8 Å². The Morgan fingerprint density at radius 2 is 1.97 bits per heavy atom. The molecule has 1 aliphatic heterocycles. The van der Waals surface area contributed by atoms with E-state index in [9.17, 15) is 18.9 Å². The molecule has 2 heterocycles. The number of ether oxygens (including phenoxy) is 2. The van der Waals surface area contributed by atoms with Crippen LogP contribution in [0.4, 0.5) is 0 Å². The van der Waals surface area contributed by atoms with E-state index in [0.29, 0.717) is 0 Å². The number of Topliss-reactive ketones (excluding diaryl/α,β-unsaturated/α-hetero) is 1. The minimum atomic E-state index is -4.15. The van der Waals surface area contributed by atoms with Gasteiger partial charge in [0.25, 0.3) is 0 Å². The van der Waals surface area contributed by atoms with Gasteiger partial charge in [-0.05, 0) is 12.5 Å². The number of H-pyrrole nitrogens is 1. The fourth-order valence-corrected chi connectivity index (χ4v) is 4.38. The summed E-state index contributed by atoms with van der Waals surface area (Å²) in [5.74, 6) is -1.54. The van der Waals surface area contributed by atoms with Crippen molar-refractivity contribution in [2.75, 3.05) is 20.5 Å². The lowest BCUT2D eigenvalue weighted by molar-refractivity contribution is -0.142. The molecule has 0 aliphatic carbocycles. The molecule has 32 heavy (non-hydrogen) atoms. The zero-order valence-corrected chi connectivity index (χ0v) is 20.2. The third-order valence-corrected chi connectivity index (χ3v) is 6.19. The number of phosphoric acid groups is 1. The van der Waals surface area contributed by atoms with Crippen LogP contribution >= 0.6 is 7.82 Å². The lowest BCUT2D eigenvalue weighted by Gasteiger charge is -2.39. The van der Waals surface area contributed by atoms with E-state index in [1.165, 1.54) is 7.11 Å². The summed E-state index contributed by atoms with van der Waals surface area (Å²) in [5, 5.41) is 6.67. The van der Waals surface area contributed by atoms with Crippen LogP contribution < -0.4 is 0 Å². The third-order valence-electron chi connectivity index (χ3n) is 4.86. The number of aromatic amines is 1. The maximum absolute atomic E-state index is 12.8. The Kier molecular flexibility index (Phi) is 8.38. The fraction of sp³-hybridized carbons (Fsp3) is 0.700. The van der Waals surface area contributed by atoms with E-state index < -0.39 is 38.1 Å². The molecule has 0 radical (unpaired) electrons. The number of ketones is 1. The molecule has 1 aromatic heterocycles. The van der Waals surface area contributed by atoms with Crippen molar-refractivity contribution in [1.29, 1.82) is 0 Å². The Morgan fingerprint density at radius 3 is 2.56 bits per heavy atom. The molecule has 12 heteroatoms. The first kappa shape index (κ1) is 26.2. The van der Waals surface area contributed by atoms with Crippen LogP contribution in [0, 0.1) is 5.41 Å². The molecule has 0 bridgehead atoms. The lowest BCUT2D eigenvalue weighted by Crippen LogP contribution is -2.44. The number of carbonyl (C=O) groups is 3. The molecule has 1 aliphatic rings. The van der Waals surface area contributed by atoms with Crippen LogP contribution in [0.15, 0.2) is 6.07 Å². The van der Waals surface area contributed by atoms with E-state index in [0.717, 1.165) is 5.69 Å². The SMILES string of the molecule is COC(=O)CCCC(=O)[C@@H]1OP(=O)(OCOC(=O)c2cc(C(C)(C)C)[nH]n2)OCC1(C)C. The van der Waals surface area contributed by atoms with Crippen molar-refractivity contribution in [3.05, 3.63) is 17.5 Å². The zero-order valence-electron chi connectivity index (χ0n) is 19.3. The number of nitrogens with zero attached hydrogens (tertiary/aromatic N) is 1. The largest absolute Gasteiger partial charge is 0.478 e. The van der Waals surface area contributed by atoms with Crippen molar-refractivity contribution in [1.82, 2.24) is 10.2 Å². The van der Waals surface area contributed by atoms with E-state index in [1.54, 1.807) is 19.9 Å². The highest BCUT2D eigenvalue weighted by atomic mass is 31.2. The van der Waals surface area contributed by atoms with E-state index in [1.807, 2.05) is 20.8 Å². The minimum Gasteiger partial charge on any atom is -0.469 e. The van der Waals surface area contributed by atoms with Gasteiger partial charge < -0.3 is 9.47 Å². The summed E-state index contributed by atoms with van der Waals surface area (Å²) in [6.45, 7) is 8.54. The number of phosphoric ester groups is 1. The molecule has 1 unspecified atom stereocenters. The third kappa shape index (κ3) is 6.96. The number of carbonyl (C=O) groups excluding carboxylic acids is 3. The first-order chi connectivity index (χ1) is 14.8. The van der Waals surface area contributed by atoms with E-state index in [4.69, 9.17) is 18.3 Å². The second-order valence-electron chi connectivity index (χ2n) is 9.19. The van der Waals surface area contributed by atoms with Gasteiger partial charge in [-0.15, -0.1) is 0 Å². The summed E-state index contributed by atoms with van der Waals surface area (Å²) < 4.78 is 38.0. The maximum atomic E-state index is 12.8. The van der Waals surface area contributed by atoms with Crippen LogP contribution in [0.25, 0.3) is 0 Å². The van der Waals surface area contributed by atoms with Crippen LogP contribution in [-0.2, 0) is 42.6 Å². The second-order valence-corrected chi connectivity index (χ2v) is 10.8. The Bertz CT molecular complexity index is 888. The van der Waals surface area contributed by atoms with Crippen molar-refractivity contribution >= 4 is 25.5 Å². The van der Waals surface area contributed by atoms with Crippen LogP contribution in [-0.4, -0.2) is 54.5 Å². The molecule has 0 amide bonds. The molecular weight excluding hydrogens is 443 g/mol. The van der Waals surface area contributed by atoms with E-state index in [2.05, 4.69) is 14.9 Å². The van der Waals surface area contributed by atoms with Crippen LogP contribution in [0.3, 0.4) is 0 Å². The second kappa shape index (κ2) is 10.2. The van der Waals surface area contributed by atoms with Gasteiger partial charge in [-0.25, -0.2) is 13.9 Å². The number of nitrogens with one attached hydrogen (secondary N) is 1. The molecule has 2 atom stereocenters. The molecule has 1 N–H and O–H groups in total. The standard InChI is InChI=1S/C20H31N2O9P/c1-19(2,3)15-10-13(21-22-15)18(25)28-12-30-32(26)29-11-20(4,5)17(31-32)14(23)8-7-9-16(24)27-6/h10,17H,7-9,11-12H2,1-6H3,(H,21,22)/t17-,32?/m0/s1. The van der Waals surface area contributed by atoms with Gasteiger partial charge in [0.2, 0.25) is 6.79 Å². The molecule has 1 aromatic rings. The summed E-state index contributed by atoms with van der Waals surface area (Å²) in [4.78, 5) is 36.0. The Labute approximate surface area is 187 Å². The van der Waals surface area contributed by atoms with Gasteiger partial charge in [0.1, 0.15) is 6.10 Å². The fourth-order valence-electron chi connectivity index (χ4n) is 2.85. The molecule has 0 aromatic carbocycles. The van der Waals surface area contributed by atoms with Crippen molar-refractivity contribution < 1.29 is 42.0 Å².